The molecule has 2 atom stereocenters. The third kappa shape index (κ3) is 4.08. The summed E-state index contributed by atoms with van der Waals surface area (Å²) in [5.41, 5.74) is 3.48. The third-order valence-electron chi connectivity index (χ3n) is 4.18. The molecule has 2 aliphatic rings. The molecule has 0 aromatic heterocycles. The Labute approximate surface area is 160 Å². The Morgan fingerprint density at radius 1 is 1.41 bits per heavy atom. The van der Waals surface area contributed by atoms with Crippen LogP contribution in [0.5, 0.6) is 0 Å². The van der Waals surface area contributed by atoms with Gasteiger partial charge in [-0.2, -0.15) is 5.10 Å². The number of hydrogen-bond acceptors (Lipinski definition) is 6. The van der Waals surface area contributed by atoms with E-state index in [9.17, 15) is 14.0 Å². The number of hydrogen-bond donors (Lipinski definition) is 2. The average molecular weight is 393 g/mol. The highest BCUT2D eigenvalue weighted by Crippen LogP contribution is 2.23. The summed E-state index contributed by atoms with van der Waals surface area (Å²) in [5, 5.41) is 6.97. The van der Waals surface area contributed by atoms with E-state index in [0.29, 0.717) is 23.1 Å². The zero-order chi connectivity index (χ0) is 19.6. The Balaban J connectivity index is 1.81. The van der Waals surface area contributed by atoms with Crippen molar-refractivity contribution in [2.24, 2.45) is 10.1 Å². The number of allylic oxidation sites excluding steroid dienone is 1. The molecule has 2 aliphatic heterocycles. The van der Waals surface area contributed by atoms with Gasteiger partial charge in [0, 0.05) is 18.6 Å². The molecule has 1 fully saturated rings. The minimum atomic E-state index is -0.691. The summed E-state index contributed by atoms with van der Waals surface area (Å²) < 4.78 is 13.0. The summed E-state index contributed by atoms with van der Waals surface area (Å²) in [6.45, 7) is 2.03. The van der Waals surface area contributed by atoms with E-state index in [2.05, 4.69) is 20.8 Å². The van der Waals surface area contributed by atoms with Crippen LogP contribution in [-0.2, 0) is 4.79 Å². The first-order chi connectivity index (χ1) is 12.9. The van der Waals surface area contributed by atoms with Gasteiger partial charge in [0.25, 0.3) is 5.91 Å². The number of aliphatic imine (C=N–C) groups is 1. The van der Waals surface area contributed by atoms with E-state index in [1.54, 1.807) is 37.1 Å². The number of nitrogens with zero attached hydrogens (tertiary/aromatic N) is 4. The van der Waals surface area contributed by atoms with Crippen LogP contribution in [0, 0.1) is 5.82 Å². The maximum Gasteiger partial charge on any atom is 0.325 e. The fourth-order valence-electron chi connectivity index (χ4n) is 2.76. The number of halogens is 2. The second-order valence-electron chi connectivity index (χ2n) is 6.08. The quantitative estimate of drug-likeness (QED) is 0.599. The molecule has 0 spiro atoms. The van der Waals surface area contributed by atoms with Gasteiger partial charge >= 0.3 is 6.03 Å². The second kappa shape index (κ2) is 7.75. The Morgan fingerprint density at radius 2 is 2.11 bits per heavy atom. The summed E-state index contributed by atoms with van der Waals surface area (Å²) in [7, 11) is 1.56. The number of likely N-dealkylation sites (N-methyl/N-ethyl adjacent to an activating group) is 1. The molecule has 27 heavy (non-hydrogen) atoms. The minimum Gasteiger partial charge on any atom is -0.322 e. The van der Waals surface area contributed by atoms with Crippen LogP contribution in [0.3, 0.4) is 0 Å². The molecule has 10 heteroatoms. The molecule has 0 saturated carbocycles. The van der Waals surface area contributed by atoms with Gasteiger partial charge in [-0.15, -0.1) is 0 Å². The fourth-order valence-corrected chi connectivity index (χ4v) is 2.83. The molecule has 0 bridgehead atoms. The number of amides is 3. The molecule has 0 aliphatic carbocycles. The van der Waals surface area contributed by atoms with Crippen LogP contribution in [0.2, 0.25) is 0 Å². The van der Waals surface area contributed by atoms with Gasteiger partial charge in [-0.3, -0.25) is 10.1 Å². The van der Waals surface area contributed by atoms with Crippen molar-refractivity contribution in [2.45, 2.75) is 19.1 Å². The lowest BCUT2D eigenvalue weighted by Crippen LogP contribution is -2.64. The van der Waals surface area contributed by atoms with Crippen molar-refractivity contribution >= 4 is 35.7 Å². The molecule has 8 nitrogen and oxygen atoms in total. The van der Waals surface area contributed by atoms with Crippen molar-refractivity contribution in [1.82, 2.24) is 20.5 Å². The van der Waals surface area contributed by atoms with E-state index in [4.69, 9.17) is 11.6 Å². The van der Waals surface area contributed by atoms with Gasteiger partial charge in [0.1, 0.15) is 5.82 Å². The number of nitrogens with one attached hydrogen (secondary N) is 2. The minimum absolute atomic E-state index is 0.309. The highest BCUT2D eigenvalue weighted by Gasteiger charge is 2.48. The molecule has 1 aromatic carbocycles. The van der Waals surface area contributed by atoms with E-state index in [1.165, 1.54) is 23.2 Å². The Morgan fingerprint density at radius 3 is 2.78 bits per heavy atom. The van der Waals surface area contributed by atoms with Crippen LogP contribution in [-0.4, -0.2) is 59.7 Å². The van der Waals surface area contributed by atoms with Crippen molar-refractivity contribution in [3.8, 4) is 0 Å². The number of urea groups is 1. The fraction of sp³-hybridized carbons (Fsp3) is 0.294. The number of carbonyl (C=O) groups is 2. The Kier molecular flexibility index (Phi) is 5.41. The number of fused-ring (bicyclic) bond motifs is 1. The summed E-state index contributed by atoms with van der Waals surface area (Å²) in [6.07, 6.45) is 2.56. The number of hydrazone groups is 1. The molecule has 1 aromatic rings. The zero-order valence-electron chi connectivity index (χ0n) is 14.7. The molecule has 3 amide bonds. The van der Waals surface area contributed by atoms with E-state index in [1.807, 2.05) is 0 Å². The number of rotatable bonds is 4. The molecule has 2 heterocycles. The first-order valence-corrected chi connectivity index (χ1v) is 8.53. The first kappa shape index (κ1) is 18.8. The van der Waals surface area contributed by atoms with E-state index < -0.39 is 24.1 Å². The molecule has 2 N–H and O–H groups in total. The zero-order valence-corrected chi connectivity index (χ0v) is 15.4. The van der Waals surface area contributed by atoms with Gasteiger partial charge in [0.15, 0.2) is 12.2 Å². The van der Waals surface area contributed by atoms with Crippen LogP contribution < -0.4 is 10.7 Å². The number of guanidine groups is 1. The number of carbonyl (C=O) groups excluding carboxylic acids is 2. The molecule has 0 radical (unpaired) electrons. The first-order valence-electron chi connectivity index (χ1n) is 8.16. The summed E-state index contributed by atoms with van der Waals surface area (Å²) >= 11 is 5.91. The largest absolute Gasteiger partial charge is 0.325 e. The van der Waals surface area contributed by atoms with Gasteiger partial charge in [0.05, 0.1) is 6.21 Å². The molecule has 3 rings (SSSR count). The molecule has 142 valence electrons. The van der Waals surface area contributed by atoms with Crippen molar-refractivity contribution in [3.63, 3.8) is 0 Å². The summed E-state index contributed by atoms with van der Waals surface area (Å²) in [5.74, 6) is -0.446. The van der Waals surface area contributed by atoms with Crippen molar-refractivity contribution < 1.29 is 14.0 Å². The molecule has 2 unspecified atom stereocenters. The van der Waals surface area contributed by atoms with Crippen LogP contribution >= 0.6 is 11.6 Å². The number of imide groups is 1. The van der Waals surface area contributed by atoms with E-state index in [0.717, 1.165) is 0 Å². The van der Waals surface area contributed by atoms with Gasteiger partial charge in [-0.05, 0) is 24.6 Å². The normalized spacial score (nSPS) is 22.8. The van der Waals surface area contributed by atoms with Crippen LogP contribution in [0.4, 0.5) is 9.18 Å². The smallest absolute Gasteiger partial charge is 0.322 e. The molecule has 1 saturated heterocycles. The predicted molar refractivity (Wildman–Crippen MR) is 99.8 cm³/mol. The third-order valence-corrected chi connectivity index (χ3v) is 4.33. The SMILES string of the molecule is C/C(Cl)=C/CN1C(N/N=C/c2ccc(F)cc2)=NC2C1C(=O)NC(=O)N2C. The Bertz CT molecular complexity index is 834. The van der Waals surface area contributed by atoms with E-state index >= 15 is 0 Å². The maximum atomic E-state index is 13.0. The lowest BCUT2D eigenvalue weighted by atomic mass is 10.1. The number of benzene rings is 1. The van der Waals surface area contributed by atoms with E-state index in [-0.39, 0.29) is 5.82 Å². The average Bonchev–Trinajstić information content (AvgIpc) is 2.99. The topological polar surface area (TPSA) is 89.4 Å². The monoisotopic (exact) mass is 392 g/mol. The van der Waals surface area contributed by atoms with Crippen LogP contribution in [0.1, 0.15) is 12.5 Å². The van der Waals surface area contributed by atoms with Crippen LogP contribution in [0.15, 0.2) is 45.5 Å². The summed E-state index contributed by atoms with van der Waals surface area (Å²) in [6, 6.07) is 4.61. The highest BCUT2D eigenvalue weighted by molar-refractivity contribution is 6.29. The highest BCUT2D eigenvalue weighted by atomic mass is 35.5. The predicted octanol–water partition coefficient (Wildman–Crippen LogP) is 1.44. The molecular weight excluding hydrogens is 375 g/mol. The van der Waals surface area contributed by atoms with Gasteiger partial charge in [0.2, 0.25) is 5.96 Å². The lowest BCUT2D eigenvalue weighted by molar-refractivity contribution is -0.126. The van der Waals surface area contributed by atoms with Crippen LogP contribution in [0.25, 0.3) is 0 Å². The molecular formula is C17H18ClFN6O2. The Hall–Kier alpha value is -2.94. The van der Waals surface area contributed by atoms with Crippen molar-refractivity contribution in [3.05, 3.63) is 46.8 Å². The van der Waals surface area contributed by atoms with Crippen molar-refractivity contribution in [1.29, 1.82) is 0 Å². The summed E-state index contributed by atoms with van der Waals surface area (Å²) in [4.78, 5) is 31.6. The van der Waals surface area contributed by atoms with Gasteiger partial charge < -0.3 is 9.80 Å². The maximum absolute atomic E-state index is 13.0. The van der Waals surface area contributed by atoms with Gasteiger partial charge in [-0.25, -0.2) is 19.6 Å². The second-order valence-corrected chi connectivity index (χ2v) is 6.68. The lowest BCUT2D eigenvalue weighted by Gasteiger charge is -2.35. The standard InChI is InChI=1S/C17H18ClFN6O2/c1-10(18)7-8-25-13-14(24(2)17(27)22-15(13)26)21-16(25)23-20-9-11-3-5-12(19)6-4-11/h3-7,9,13-14H,8H2,1-2H3,(H,21,23)(H,22,26,27)/b10-7-,20-9+. The van der Waals surface area contributed by atoms with Gasteiger partial charge in [-0.1, -0.05) is 29.8 Å². The van der Waals surface area contributed by atoms with Crippen molar-refractivity contribution in [2.75, 3.05) is 13.6 Å².